The minimum atomic E-state index is -4.65. The first-order valence-corrected chi connectivity index (χ1v) is 12.9. The van der Waals surface area contributed by atoms with Crippen molar-refractivity contribution in [1.82, 2.24) is 9.66 Å². The summed E-state index contributed by atoms with van der Waals surface area (Å²) in [5.41, 5.74) is -1.76. The van der Waals surface area contributed by atoms with E-state index in [4.69, 9.17) is 4.74 Å². The molecule has 13 heteroatoms. The Balaban J connectivity index is 1.67. The van der Waals surface area contributed by atoms with E-state index in [-0.39, 0.29) is 50.2 Å². The lowest BCUT2D eigenvalue weighted by atomic mass is 10.1. The number of halogens is 5. The molecule has 0 amide bonds. The minimum absolute atomic E-state index is 0.0301. The van der Waals surface area contributed by atoms with Crippen molar-refractivity contribution >= 4 is 38.7 Å². The van der Waals surface area contributed by atoms with Crippen LogP contribution in [0.5, 0.6) is 5.75 Å². The summed E-state index contributed by atoms with van der Waals surface area (Å²) in [5.74, 6) is -1.04. The number of nitro groups is 1. The number of nitro benzene ring substituents is 1. The average Bonchev–Trinajstić information content (AvgIpc) is 2.96. The van der Waals surface area contributed by atoms with Crippen LogP contribution in [0.3, 0.4) is 0 Å². The van der Waals surface area contributed by atoms with Gasteiger partial charge in [-0.25, -0.2) is 9.37 Å². The average molecular weight is 641 g/mol. The van der Waals surface area contributed by atoms with Crippen molar-refractivity contribution in [2.75, 3.05) is 0 Å². The molecule has 0 N–H and O–H groups in total. The number of alkyl halides is 3. The maximum Gasteiger partial charge on any atom is 0.416 e. The number of aromatic nitrogens is 2. The maximum atomic E-state index is 14.2. The minimum Gasteiger partial charge on any atom is -0.481 e. The van der Waals surface area contributed by atoms with E-state index >= 15 is 0 Å². The number of rotatable bonds is 7. The molecule has 0 spiro atoms. The molecule has 4 aromatic carbocycles. The van der Waals surface area contributed by atoms with Gasteiger partial charge in [-0.3, -0.25) is 14.9 Å². The SMILES string of the molecule is O=c1c2ccccc2nc(-c2cccc(C(F)(F)F)c2)n1N=Cc1cc(Br)cc([N+](=O)[O-])c1OCc1ccccc1F. The van der Waals surface area contributed by atoms with Crippen LogP contribution in [-0.2, 0) is 12.8 Å². The molecule has 1 heterocycles. The van der Waals surface area contributed by atoms with Crippen molar-refractivity contribution in [3.63, 3.8) is 0 Å². The van der Waals surface area contributed by atoms with Gasteiger partial charge in [-0.05, 0) is 36.4 Å². The molecule has 0 aliphatic rings. The van der Waals surface area contributed by atoms with Crippen molar-refractivity contribution < 1.29 is 27.2 Å². The molecule has 42 heavy (non-hydrogen) atoms. The molecule has 1 aromatic heterocycles. The largest absolute Gasteiger partial charge is 0.481 e. The van der Waals surface area contributed by atoms with Gasteiger partial charge in [0.2, 0.25) is 5.75 Å². The Morgan fingerprint density at radius 3 is 2.50 bits per heavy atom. The predicted molar refractivity (Wildman–Crippen MR) is 151 cm³/mol. The fourth-order valence-electron chi connectivity index (χ4n) is 4.13. The van der Waals surface area contributed by atoms with Crippen molar-refractivity contribution in [2.45, 2.75) is 12.8 Å². The van der Waals surface area contributed by atoms with E-state index in [2.05, 4.69) is 26.0 Å². The maximum absolute atomic E-state index is 14.2. The molecular formula is C29H17BrF4N4O4. The van der Waals surface area contributed by atoms with Crippen LogP contribution in [0.2, 0.25) is 0 Å². The van der Waals surface area contributed by atoms with E-state index in [0.717, 1.165) is 23.0 Å². The first-order chi connectivity index (χ1) is 20.0. The normalized spacial score (nSPS) is 11.7. The van der Waals surface area contributed by atoms with Crippen LogP contribution in [0.4, 0.5) is 23.2 Å². The van der Waals surface area contributed by atoms with Crippen molar-refractivity contribution in [2.24, 2.45) is 5.10 Å². The summed E-state index contributed by atoms with van der Waals surface area (Å²) in [6.07, 6.45) is -3.57. The van der Waals surface area contributed by atoms with Gasteiger partial charge < -0.3 is 4.74 Å². The molecule has 0 aliphatic carbocycles. The van der Waals surface area contributed by atoms with Gasteiger partial charge in [-0.15, -0.1) is 0 Å². The van der Waals surface area contributed by atoms with E-state index < -0.39 is 33.7 Å². The first-order valence-electron chi connectivity index (χ1n) is 12.1. The summed E-state index contributed by atoms with van der Waals surface area (Å²) in [6.45, 7) is -0.358. The highest BCUT2D eigenvalue weighted by Gasteiger charge is 2.31. The zero-order chi connectivity index (χ0) is 30.0. The topological polar surface area (TPSA) is 99.6 Å². The van der Waals surface area contributed by atoms with Crippen molar-refractivity contribution in [3.8, 4) is 17.1 Å². The molecule has 5 aromatic rings. The van der Waals surface area contributed by atoms with E-state index in [9.17, 15) is 32.5 Å². The number of ether oxygens (including phenoxy) is 1. The van der Waals surface area contributed by atoms with Crippen LogP contribution in [0.15, 0.2) is 99.3 Å². The van der Waals surface area contributed by atoms with Gasteiger partial charge in [0.05, 0.1) is 27.6 Å². The third-order valence-electron chi connectivity index (χ3n) is 6.10. The lowest BCUT2D eigenvalue weighted by Crippen LogP contribution is -2.20. The van der Waals surface area contributed by atoms with Gasteiger partial charge in [-0.2, -0.15) is 22.9 Å². The highest BCUT2D eigenvalue weighted by atomic mass is 79.9. The highest BCUT2D eigenvalue weighted by Crippen LogP contribution is 2.35. The van der Waals surface area contributed by atoms with Crippen molar-refractivity contribution in [3.05, 3.63) is 132 Å². The van der Waals surface area contributed by atoms with E-state index in [1.54, 1.807) is 18.2 Å². The molecule has 0 aliphatic heterocycles. The third-order valence-corrected chi connectivity index (χ3v) is 6.56. The predicted octanol–water partition coefficient (Wildman–Crippen LogP) is 7.35. The number of benzene rings is 4. The lowest BCUT2D eigenvalue weighted by Gasteiger charge is -2.13. The van der Waals surface area contributed by atoms with Gasteiger partial charge in [-0.1, -0.05) is 58.4 Å². The summed E-state index contributed by atoms with van der Waals surface area (Å²) in [6, 6.07) is 18.8. The van der Waals surface area contributed by atoms with Gasteiger partial charge in [0.25, 0.3) is 5.56 Å². The quantitative estimate of drug-likeness (QED) is 0.0801. The Morgan fingerprint density at radius 2 is 1.76 bits per heavy atom. The number of hydrogen-bond acceptors (Lipinski definition) is 6. The Bertz CT molecular complexity index is 1930. The summed E-state index contributed by atoms with van der Waals surface area (Å²) in [7, 11) is 0. The molecule has 8 nitrogen and oxygen atoms in total. The molecule has 0 fully saturated rings. The Kier molecular flexibility index (Phi) is 7.85. The number of fused-ring (bicyclic) bond motifs is 1. The molecule has 0 saturated heterocycles. The van der Waals surface area contributed by atoms with Crippen LogP contribution >= 0.6 is 15.9 Å². The van der Waals surface area contributed by atoms with E-state index in [1.165, 1.54) is 54.6 Å². The second-order valence-electron chi connectivity index (χ2n) is 8.87. The van der Waals surface area contributed by atoms with E-state index in [0.29, 0.717) is 0 Å². The zero-order valence-corrected chi connectivity index (χ0v) is 22.8. The molecule has 212 valence electrons. The Morgan fingerprint density at radius 1 is 1.02 bits per heavy atom. The fourth-order valence-corrected chi connectivity index (χ4v) is 4.59. The molecule has 0 radical (unpaired) electrons. The van der Waals surface area contributed by atoms with Gasteiger partial charge in [0, 0.05) is 27.2 Å². The van der Waals surface area contributed by atoms with Crippen LogP contribution in [-0.4, -0.2) is 20.8 Å². The summed E-state index contributed by atoms with van der Waals surface area (Å²) >= 11 is 3.21. The number of para-hydroxylation sites is 1. The second-order valence-corrected chi connectivity index (χ2v) is 9.79. The van der Waals surface area contributed by atoms with Gasteiger partial charge >= 0.3 is 11.9 Å². The first kappa shape index (κ1) is 28.6. The standard InChI is InChI=1S/C29H17BrF4N4O4/c30-21-13-19(26(25(14-21)38(40)41)42-16-18-6-1-3-10-23(18)31)15-35-37-27(17-7-5-8-20(12-17)29(32,33)34)36-24-11-4-2-9-22(24)28(37)39/h1-15H,16H2. The molecule has 0 atom stereocenters. The molecule has 0 bridgehead atoms. The Hall–Kier alpha value is -4.91. The summed E-state index contributed by atoms with van der Waals surface area (Å²) < 4.78 is 61.4. The van der Waals surface area contributed by atoms with Crippen LogP contribution < -0.4 is 10.3 Å². The molecule has 0 unspecified atom stereocenters. The van der Waals surface area contributed by atoms with Crippen LogP contribution in [0.1, 0.15) is 16.7 Å². The monoisotopic (exact) mass is 640 g/mol. The molecular weight excluding hydrogens is 624 g/mol. The van der Waals surface area contributed by atoms with Crippen LogP contribution in [0.25, 0.3) is 22.3 Å². The van der Waals surface area contributed by atoms with E-state index in [1.807, 2.05) is 0 Å². The van der Waals surface area contributed by atoms with Gasteiger partial charge in [0.1, 0.15) is 12.4 Å². The zero-order valence-electron chi connectivity index (χ0n) is 21.2. The van der Waals surface area contributed by atoms with Crippen LogP contribution in [0, 0.1) is 15.9 Å². The molecule has 5 rings (SSSR count). The number of hydrogen-bond donors (Lipinski definition) is 0. The van der Waals surface area contributed by atoms with Crippen molar-refractivity contribution in [1.29, 1.82) is 0 Å². The Labute approximate surface area is 242 Å². The highest BCUT2D eigenvalue weighted by molar-refractivity contribution is 9.10. The second kappa shape index (κ2) is 11.5. The molecule has 0 saturated carbocycles. The fraction of sp³-hybridized carbons (Fsp3) is 0.0690. The lowest BCUT2D eigenvalue weighted by molar-refractivity contribution is -0.386. The smallest absolute Gasteiger partial charge is 0.416 e. The third kappa shape index (κ3) is 5.91. The number of nitrogens with zero attached hydrogens (tertiary/aromatic N) is 4. The summed E-state index contributed by atoms with van der Waals surface area (Å²) in [4.78, 5) is 29.1. The summed E-state index contributed by atoms with van der Waals surface area (Å²) in [5, 5.41) is 16.2. The van der Waals surface area contributed by atoms with Gasteiger partial charge in [0.15, 0.2) is 5.82 Å².